The monoisotopic (exact) mass is 1140 g/mol. The van der Waals surface area contributed by atoms with E-state index in [0.717, 1.165) is 0 Å². The Morgan fingerprint density at radius 1 is 0.405 bits per heavy atom. The lowest BCUT2D eigenvalue weighted by Crippen LogP contribution is -2.57. The van der Waals surface area contributed by atoms with Crippen molar-refractivity contribution >= 4 is 87.8 Å². The molecule has 0 aliphatic heterocycles. The summed E-state index contributed by atoms with van der Waals surface area (Å²) in [4.78, 5) is 50.7. The van der Waals surface area contributed by atoms with Crippen LogP contribution in [-0.2, 0) is 14.2 Å². The average Bonchev–Trinajstić information content (AvgIpc) is 2.32. The van der Waals surface area contributed by atoms with Crippen LogP contribution in [0.3, 0.4) is 0 Å². The first kappa shape index (κ1) is 55.2. The molecular formula is C64H56O20. The van der Waals surface area contributed by atoms with E-state index in [1.807, 2.05) is 6.07 Å². The number of fused-ring (bicyclic) bond motifs is 8. The van der Waals surface area contributed by atoms with E-state index >= 15 is 0 Å². The Bertz CT molecular complexity index is 4720. The smallest absolute Gasteiger partial charge is 0.336 e. The zero-order chi connectivity index (χ0) is 58.8. The van der Waals surface area contributed by atoms with Crippen LogP contribution in [0.5, 0.6) is 23.0 Å². The third-order valence-corrected chi connectivity index (χ3v) is 14.9. The Hall–Kier alpha value is -9.34. The predicted octanol–water partition coefficient (Wildman–Crippen LogP) is 12.1. The van der Waals surface area contributed by atoms with E-state index in [4.69, 9.17) is 68.5 Å². The largest absolute Gasteiger partial charge is 0.483 e. The van der Waals surface area contributed by atoms with E-state index in [9.17, 15) is 24.3 Å². The number of rotatable bonds is 22. The van der Waals surface area contributed by atoms with Crippen molar-refractivity contribution in [3.05, 3.63) is 176 Å². The second kappa shape index (κ2) is 21.4. The van der Waals surface area contributed by atoms with Gasteiger partial charge in [0.2, 0.25) is 23.0 Å². The van der Waals surface area contributed by atoms with E-state index in [2.05, 4.69) is 6.58 Å². The van der Waals surface area contributed by atoms with Crippen LogP contribution < -0.4 is 41.4 Å². The van der Waals surface area contributed by atoms with E-state index in [0.29, 0.717) is 65.4 Å². The molecule has 0 spiro atoms. The first-order valence-corrected chi connectivity index (χ1v) is 26.8. The molecular weight excluding hydrogens is 1090 g/mol. The molecule has 84 heavy (non-hydrogen) atoms. The van der Waals surface area contributed by atoms with Gasteiger partial charge in [-0.25, -0.2) is 19.2 Å². The molecule has 0 unspecified atom stereocenters. The fourth-order valence-corrected chi connectivity index (χ4v) is 10.1. The molecule has 1 N–H and O–H groups in total. The molecule has 0 bridgehead atoms. The molecule has 0 saturated heterocycles. The van der Waals surface area contributed by atoms with Crippen molar-refractivity contribution in [2.45, 2.75) is 89.7 Å². The summed E-state index contributed by atoms with van der Waals surface area (Å²) in [7, 11) is 0. The van der Waals surface area contributed by atoms with Crippen molar-refractivity contribution in [3.8, 4) is 23.0 Å². The minimum absolute atomic E-state index is 0.0984. The van der Waals surface area contributed by atoms with Crippen LogP contribution in [0.1, 0.15) is 48.5 Å². The van der Waals surface area contributed by atoms with Crippen molar-refractivity contribution in [1.82, 2.24) is 0 Å². The van der Waals surface area contributed by atoms with Gasteiger partial charge in [0.05, 0.1) is 41.9 Å². The standard InChI is InChI=1S/C64H56O20/c1-33(2)42(29-74-58-50-38(17-21-70-50)25-34-9-13-46(66)78-54(34)58)82-63(5,6)44(31-76-60-52-40(19-23-72-52)27-36-11-15-48(68)80-56(36)60)84-64(7,8)45(32-77-61-53-41(20-24-73-53)28-37-12-16-49(69)81-57(37)61)83-62(3,4)43(65)30-75-59-51-39(18-22-71-51)26-35-10-14-47(67)79-55(35)59/h9-28,42-45,65H,1,29-32H2,2-8H3/t42-,43+,44+,45+/m0/s1. The zero-order valence-electron chi connectivity index (χ0n) is 46.6. The van der Waals surface area contributed by atoms with Crippen LogP contribution in [0.25, 0.3) is 87.8 Å². The molecule has 4 aromatic carbocycles. The van der Waals surface area contributed by atoms with Crippen LogP contribution in [-0.4, -0.2) is 72.8 Å². The molecule has 0 amide bonds. The average molecular weight is 1150 g/mol. The van der Waals surface area contributed by atoms with Gasteiger partial charge < -0.3 is 73.6 Å². The molecule has 0 radical (unpaired) electrons. The lowest BCUT2D eigenvalue weighted by atomic mass is 9.95. The third kappa shape index (κ3) is 10.6. The van der Waals surface area contributed by atoms with Crippen molar-refractivity contribution in [1.29, 1.82) is 0 Å². The summed E-state index contributed by atoms with van der Waals surface area (Å²) in [5.41, 5.74) is -4.55. The van der Waals surface area contributed by atoms with Crippen LogP contribution in [0.2, 0.25) is 0 Å². The van der Waals surface area contributed by atoms with Crippen LogP contribution in [0.15, 0.2) is 189 Å². The summed E-state index contributed by atoms with van der Waals surface area (Å²) in [5, 5.41) is 17.2. The highest BCUT2D eigenvalue weighted by Crippen LogP contribution is 2.42. The lowest BCUT2D eigenvalue weighted by molar-refractivity contribution is -0.252. The Morgan fingerprint density at radius 3 is 1.02 bits per heavy atom. The van der Waals surface area contributed by atoms with Gasteiger partial charge in [0.25, 0.3) is 0 Å². The number of hydrogen-bond donors (Lipinski definition) is 1. The van der Waals surface area contributed by atoms with E-state index in [-0.39, 0.29) is 70.7 Å². The molecule has 8 heterocycles. The highest BCUT2D eigenvalue weighted by atomic mass is 16.6. The van der Waals surface area contributed by atoms with Gasteiger partial charge in [-0.2, -0.15) is 0 Å². The molecule has 0 aliphatic rings. The second-order valence-corrected chi connectivity index (χ2v) is 22.1. The first-order valence-electron chi connectivity index (χ1n) is 26.8. The van der Waals surface area contributed by atoms with Crippen molar-refractivity contribution in [2.24, 2.45) is 0 Å². The number of ether oxygens (including phenoxy) is 7. The molecule has 0 aliphatic carbocycles. The summed E-state index contributed by atoms with van der Waals surface area (Å²) >= 11 is 0. The maximum atomic E-state index is 12.8. The highest BCUT2D eigenvalue weighted by molar-refractivity contribution is 6.02. The summed E-state index contributed by atoms with van der Waals surface area (Å²) in [6.45, 7) is 15.3. The van der Waals surface area contributed by atoms with Crippen LogP contribution in [0.4, 0.5) is 0 Å². The molecule has 12 aromatic rings. The zero-order valence-corrected chi connectivity index (χ0v) is 46.6. The Kier molecular flexibility index (Phi) is 14.1. The summed E-state index contributed by atoms with van der Waals surface area (Å²) in [5.74, 6) is 0.494. The molecule has 432 valence electrons. The fourth-order valence-electron chi connectivity index (χ4n) is 10.1. The van der Waals surface area contributed by atoms with Crippen LogP contribution >= 0.6 is 0 Å². The van der Waals surface area contributed by atoms with Gasteiger partial charge in [-0.1, -0.05) is 6.58 Å². The van der Waals surface area contributed by atoms with Gasteiger partial charge in [-0.15, -0.1) is 0 Å². The van der Waals surface area contributed by atoms with Gasteiger partial charge in [0.15, 0.2) is 44.7 Å². The molecule has 0 fully saturated rings. The topological polar surface area (TPSA) is 258 Å². The van der Waals surface area contributed by atoms with Crippen LogP contribution in [0, 0.1) is 0 Å². The number of hydrogen-bond acceptors (Lipinski definition) is 20. The second-order valence-electron chi connectivity index (χ2n) is 22.1. The maximum Gasteiger partial charge on any atom is 0.336 e. The van der Waals surface area contributed by atoms with E-state index in [1.54, 1.807) is 115 Å². The van der Waals surface area contributed by atoms with Gasteiger partial charge in [0, 0.05) is 67.4 Å². The Balaban J connectivity index is 0.908. The molecule has 4 atom stereocenters. The number of benzene rings is 4. The van der Waals surface area contributed by atoms with E-state index < -0.39 is 70.3 Å². The third-order valence-electron chi connectivity index (χ3n) is 14.9. The number of furan rings is 4. The minimum Gasteiger partial charge on any atom is -0.483 e. The minimum atomic E-state index is -1.51. The van der Waals surface area contributed by atoms with E-state index in [1.165, 1.54) is 49.3 Å². The maximum absolute atomic E-state index is 12.8. The predicted molar refractivity (Wildman–Crippen MR) is 309 cm³/mol. The van der Waals surface area contributed by atoms with Gasteiger partial charge in [-0.05, 0) is 127 Å². The molecule has 12 rings (SSSR count). The quantitative estimate of drug-likeness (QED) is 0.0488. The normalized spacial score (nSPS) is 14.1. The van der Waals surface area contributed by atoms with Gasteiger partial charge in [0.1, 0.15) is 50.8 Å². The molecule has 8 aromatic heterocycles. The number of aliphatic hydroxyl groups is 1. The summed E-state index contributed by atoms with van der Waals surface area (Å²) < 4.78 is 93.9. The lowest BCUT2D eigenvalue weighted by Gasteiger charge is -2.45. The molecule has 0 saturated carbocycles. The van der Waals surface area contributed by atoms with Crippen molar-refractivity contribution in [3.63, 3.8) is 0 Å². The SMILES string of the molecule is C=C(C)[C@H](COc1c2occc2cc2ccc(=O)oc12)OC(C)(C)[C@@H](COc1c2occc2cc2ccc(=O)oc12)OC(C)(C)[C@@H](COc1c2occc2cc2ccc(=O)oc12)OC(C)(C)[C@H](O)COc1c2occc2cc2ccc(=O)oc12. The first-order chi connectivity index (χ1) is 40.2. The van der Waals surface area contributed by atoms with Crippen molar-refractivity contribution < 1.29 is 73.6 Å². The van der Waals surface area contributed by atoms with Gasteiger partial charge >= 0.3 is 22.5 Å². The van der Waals surface area contributed by atoms with Crippen molar-refractivity contribution in [2.75, 3.05) is 26.4 Å². The summed E-state index contributed by atoms with van der Waals surface area (Å²) in [6, 6.07) is 25.9. The highest BCUT2D eigenvalue weighted by Gasteiger charge is 2.46. The molecule has 20 heteroatoms. The Labute approximate surface area is 474 Å². The fraction of sp³-hybridized carbons (Fsp3) is 0.281. The summed E-state index contributed by atoms with van der Waals surface area (Å²) in [6.07, 6.45) is 1.37. The number of aliphatic hydroxyl groups excluding tert-OH is 1. The molecule has 20 nitrogen and oxygen atoms in total. The van der Waals surface area contributed by atoms with Gasteiger partial charge in [-0.3, -0.25) is 0 Å². The Morgan fingerprint density at radius 2 is 0.690 bits per heavy atom.